The molecule has 2 aromatic rings. The standard InChI is InChI=1S/C11H11BrOS/c1-7-11(13-2)9-5-8(6-12)3-4-10(9)14-7/h3-5H,6H2,1-2H3. The molecule has 1 heterocycles. The number of methoxy groups -OCH3 is 1. The maximum Gasteiger partial charge on any atom is 0.140 e. The summed E-state index contributed by atoms with van der Waals surface area (Å²) in [5.74, 6) is 1.02. The van der Waals surface area contributed by atoms with Crippen molar-refractivity contribution in [2.24, 2.45) is 0 Å². The third-order valence-corrected chi connectivity index (χ3v) is 3.94. The molecule has 0 bridgehead atoms. The quantitative estimate of drug-likeness (QED) is 0.747. The number of halogens is 1. The lowest BCUT2D eigenvalue weighted by molar-refractivity contribution is 0.418. The largest absolute Gasteiger partial charge is 0.495 e. The molecule has 1 aromatic heterocycles. The zero-order valence-electron chi connectivity index (χ0n) is 8.13. The minimum Gasteiger partial charge on any atom is -0.495 e. The summed E-state index contributed by atoms with van der Waals surface area (Å²) in [7, 11) is 1.73. The van der Waals surface area contributed by atoms with Gasteiger partial charge >= 0.3 is 0 Å². The molecule has 0 amide bonds. The van der Waals surface area contributed by atoms with E-state index in [2.05, 4.69) is 41.1 Å². The summed E-state index contributed by atoms with van der Waals surface area (Å²) in [5, 5.41) is 2.12. The van der Waals surface area contributed by atoms with Gasteiger partial charge in [0, 0.05) is 20.3 Å². The zero-order chi connectivity index (χ0) is 10.1. The molecular formula is C11H11BrOS. The first kappa shape index (κ1) is 9.99. The molecule has 0 radical (unpaired) electrons. The van der Waals surface area contributed by atoms with E-state index in [1.165, 1.54) is 20.5 Å². The van der Waals surface area contributed by atoms with E-state index in [0.717, 1.165) is 11.1 Å². The Morgan fingerprint density at radius 2 is 2.21 bits per heavy atom. The highest BCUT2D eigenvalue weighted by atomic mass is 79.9. The van der Waals surface area contributed by atoms with Crippen LogP contribution in [-0.4, -0.2) is 7.11 Å². The Labute approximate surface area is 95.8 Å². The van der Waals surface area contributed by atoms with Gasteiger partial charge in [0.15, 0.2) is 0 Å². The van der Waals surface area contributed by atoms with Gasteiger partial charge in [0.2, 0.25) is 0 Å². The number of thiophene rings is 1. The van der Waals surface area contributed by atoms with Gasteiger partial charge in [0.05, 0.1) is 7.11 Å². The van der Waals surface area contributed by atoms with Gasteiger partial charge in [-0.2, -0.15) is 0 Å². The second-order valence-electron chi connectivity index (χ2n) is 3.16. The first-order chi connectivity index (χ1) is 6.76. The minimum atomic E-state index is 0.890. The lowest BCUT2D eigenvalue weighted by Gasteiger charge is -2.00. The normalized spacial score (nSPS) is 10.8. The molecule has 0 N–H and O–H groups in total. The van der Waals surface area contributed by atoms with E-state index in [9.17, 15) is 0 Å². The van der Waals surface area contributed by atoms with Crippen LogP contribution in [0.25, 0.3) is 10.1 Å². The van der Waals surface area contributed by atoms with Crippen LogP contribution in [0.1, 0.15) is 10.4 Å². The number of alkyl halides is 1. The number of aryl methyl sites for hydroxylation is 1. The summed E-state index contributed by atoms with van der Waals surface area (Å²) in [5.41, 5.74) is 1.29. The van der Waals surface area contributed by atoms with Crippen LogP contribution in [-0.2, 0) is 5.33 Å². The first-order valence-corrected chi connectivity index (χ1v) is 6.32. The third kappa shape index (κ3) is 1.55. The average molecular weight is 271 g/mol. The van der Waals surface area contributed by atoms with Crippen LogP contribution < -0.4 is 4.74 Å². The topological polar surface area (TPSA) is 9.23 Å². The molecule has 1 nitrogen and oxygen atoms in total. The van der Waals surface area contributed by atoms with E-state index in [1.807, 2.05) is 0 Å². The average Bonchev–Trinajstić information content (AvgIpc) is 2.52. The number of ether oxygens (including phenoxy) is 1. The third-order valence-electron chi connectivity index (χ3n) is 2.23. The summed E-state index contributed by atoms with van der Waals surface area (Å²) in [6, 6.07) is 6.49. The summed E-state index contributed by atoms with van der Waals surface area (Å²) in [6.07, 6.45) is 0. The van der Waals surface area contributed by atoms with Crippen LogP contribution in [0.4, 0.5) is 0 Å². The maximum absolute atomic E-state index is 5.39. The number of fused-ring (bicyclic) bond motifs is 1. The first-order valence-electron chi connectivity index (χ1n) is 4.38. The molecule has 2 rings (SSSR count). The second kappa shape index (κ2) is 3.91. The number of rotatable bonds is 2. The van der Waals surface area contributed by atoms with Crippen LogP contribution in [0.3, 0.4) is 0 Å². The molecule has 0 atom stereocenters. The van der Waals surface area contributed by atoms with Gasteiger partial charge in [0.25, 0.3) is 0 Å². The van der Waals surface area contributed by atoms with Gasteiger partial charge in [-0.3, -0.25) is 0 Å². The Morgan fingerprint density at radius 1 is 1.43 bits per heavy atom. The van der Waals surface area contributed by atoms with Gasteiger partial charge in [-0.25, -0.2) is 0 Å². The van der Waals surface area contributed by atoms with Crippen LogP contribution in [0.2, 0.25) is 0 Å². The van der Waals surface area contributed by atoms with Crippen molar-refractivity contribution >= 4 is 37.4 Å². The van der Waals surface area contributed by atoms with Gasteiger partial charge in [-0.15, -0.1) is 11.3 Å². The Balaban J connectivity index is 2.71. The molecule has 1 aromatic carbocycles. The highest BCUT2D eigenvalue weighted by molar-refractivity contribution is 9.08. The summed E-state index contributed by atoms with van der Waals surface area (Å²) >= 11 is 5.24. The lowest BCUT2D eigenvalue weighted by atomic mass is 10.2. The molecule has 0 aliphatic rings. The number of hydrogen-bond acceptors (Lipinski definition) is 2. The van der Waals surface area contributed by atoms with E-state index in [1.54, 1.807) is 18.4 Å². The Kier molecular flexibility index (Phi) is 2.79. The fourth-order valence-electron chi connectivity index (χ4n) is 1.58. The molecule has 0 saturated heterocycles. The van der Waals surface area contributed by atoms with Gasteiger partial charge < -0.3 is 4.74 Å². The van der Waals surface area contributed by atoms with Crippen molar-refractivity contribution in [3.05, 3.63) is 28.6 Å². The van der Waals surface area contributed by atoms with Crippen LogP contribution >= 0.6 is 27.3 Å². The van der Waals surface area contributed by atoms with Crippen molar-refractivity contribution in [2.45, 2.75) is 12.3 Å². The molecule has 14 heavy (non-hydrogen) atoms. The minimum absolute atomic E-state index is 0.890. The highest BCUT2D eigenvalue weighted by Crippen LogP contribution is 2.37. The van der Waals surface area contributed by atoms with Crippen LogP contribution in [0.5, 0.6) is 5.75 Å². The van der Waals surface area contributed by atoms with Gasteiger partial charge in [-0.1, -0.05) is 22.0 Å². The van der Waals surface area contributed by atoms with E-state index in [0.29, 0.717) is 0 Å². The predicted octanol–water partition coefficient (Wildman–Crippen LogP) is 4.11. The van der Waals surface area contributed by atoms with Gasteiger partial charge in [-0.05, 0) is 24.6 Å². The number of hydrogen-bond donors (Lipinski definition) is 0. The van der Waals surface area contributed by atoms with Gasteiger partial charge in [0.1, 0.15) is 5.75 Å². The summed E-state index contributed by atoms with van der Waals surface area (Å²) in [6.45, 7) is 2.09. The fraction of sp³-hybridized carbons (Fsp3) is 0.273. The summed E-state index contributed by atoms with van der Waals surface area (Å²) < 4.78 is 6.69. The van der Waals surface area contributed by atoms with Crippen molar-refractivity contribution in [3.8, 4) is 5.75 Å². The van der Waals surface area contributed by atoms with E-state index in [4.69, 9.17) is 4.74 Å². The smallest absolute Gasteiger partial charge is 0.140 e. The van der Waals surface area contributed by atoms with Crippen LogP contribution in [0.15, 0.2) is 18.2 Å². The molecule has 0 fully saturated rings. The Hall–Kier alpha value is -0.540. The molecule has 3 heteroatoms. The molecule has 0 saturated carbocycles. The molecule has 0 unspecified atom stereocenters. The highest BCUT2D eigenvalue weighted by Gasteiger charge is 2.09. The van der Waals surface area contributed by atoms with E-state index >= 15 is 0 Å². The van der Waals surface area contributed by atoms with Crippen molar-refractivity contribution < 1.29 is 4.74 Å². The molecule has 0 spiro atoms. The van der Waals surface area contributed by atoms with E-state index in [-0.39, 0.29) is 0 Å². The molecule has 74 valence electrons. The van der Waals surface area contributed by atoms with Crippen molar-refractivity contribution in [1.82, 2.24) is 0 Å². The fourth-order valence-corrected chi connectivity index (χ4v) is 2.94. The van der Waals surface area contributed by atoms with Crippen LogP contribution in [0, 0.1) is 6.92 Å². The monoisotopic (exact) mass is 270 g/mol. The lowest BCUT2D eigenvalue weighted by Crippen LogP contribution is -1.83. The number of benzene rings is 1. The second-order valence-corrected chi connectivity index (χ2v) is 4.97. The van der Waals surface area contributed by atoms with Crippen molar-refractivity contribution in [3.63, 3.8) is 0 Å². The maximum atomic E-state index is 5.39. The van der Waals surface area contributed by atoms with Crippen molar-refractivity contribution in [1.29, 1.82) is 0 Å². The Morgan fingerprint density at radius 3 is 2.86 bits per heavy atom. The van der Waals surface area contributed by atoms with Crippen molar-refractivity contribution in [2.75, 3.05) is 7.11 Å². The predicted molar refractivity (Wildman–Crippen MR) is 65.7 cm³/mol. The zero-order valence-corrected chi connectivity index (χ0v) is 10.5. The molecule has 0 aliphatic heterocycles. The summed E-state index contributed by atoms with van der Waals surface area (Å²) in [4.78, 5) is 1.24. The Bertz CT molecular complexity index is 462. The molecular weight excluding hydrogens is 260 g/mol. The molecule has 0 aliphatic carbocycles. The SMILES string of the molecule is COc1c(C)sc2ccc(CBr)cc12. The van der Waals surface area contributed by atoms with E-state index < -0.39 is 0 Å².